The third kappa shape index (κ3) is 5.94. The van der Waals surface area contributed by atoms with E-state index in [4.69, 9.17) is 4.74 Å². The zero-order chi connectivity index (χ0) is 20.5. The van der Waals surface area contributed by atoms with Crippen molar-refractivity contribution in [3.05, 3.63) is 54.2 Å². The largest absolute Gasteiger partial charge is 0.494 e. The number of carbonyl (C=O) groups is 2. The highest BCUT2D eigenvalue weighted by atomic mass is 16.5. The van der Waals surface area contributed by atoms with Crippen LogP contribution in [-0.2, 0) is 4.79 Å². The molecule has 0 bridgehead atoms. The fraction of sp³-hybridized carbons (Fsp3) is 0.409. The number of piperazine rings is 1. The summed E-state index contributed by atoms with van der Waals surface area (Å²) in [6.07, 6.45) is 3.85. The molecule has 3 rings (SSSR count). The first-order valence-corrected chi connectivity index (χ1v) is 10.1. The minimum atomic E-state index is -0.259. The van der Waals surface area contributed by atoms with Crippen molar-refractivity contribution < 1.29 is 14.3 Å². The van der Waals surface area contributed by atoms with Crippen LogP contribution >= 0.6 is 0 Å². The Hall–Kier alpha value is -3.09. The van der Waals surface area contributed by atoms with Crippen LogP contribution < -0.4 is 15.0 Å². The van der Waals surface area contributed by atoms with Gasteiger partial charge in [-0.1, -0.05) is 19.4 Å². The number of hydrogen-bond acceptors (Lipinski definition) is 5. The third-order valence-electron chi connectivity index (χ3n) is 4.89. The molecule has 1 aromatic heterocycles. The van der Waals surface area contributed by atoms with Crippen LogP contribution in [0.1, 0.15) is 30.1 Å². The molecule has 154 valence electrons. The van der Waals surface area contributed by atoms with Crippen LogP contribution in [-0.4, -0.2) is 61.0 Å². The highest BCUT2D eigenvalue weighted by Gasteiger charge is 2.22. The van der Waals surface area contributed by atoms with Crippen molar-refractivity contribution in [3.8, 4) is 5.75 Å². The summed E-state index contributed by atoms with van der Waals surface area (Å²) < 4.78 is 5.60. The molecule has 1 aromatic carbocycles. The predicted octanol–water partition coefficient (Wildman–Crippen LogP) is 2.34. The molecule has 1 N–H and O–H groups in total. The lowest BCUT2D eigenvalue weighted by molar-refractivity contribution is -0.130. The lowest BCUT2D eigenvalue weighted by atomic mass is 10.2. The van der Waals surface area contributed by atoms with Gasteiger partial charge in [0, 0.05) is 37.9 Å². The summed E-state index contributed by atoms with van der Waals surface area (Å²) in [7, 11) is 0. The van der Waals surface area contributed by atoms with Crippen LogP contribution in [0.25, 0.3) is 0 Å². The topological polar surface area (TPSA) is 74.8 Å². The quantitative estimate of drug-likeness (QED) is 0.694. The van der Waals surface area contributed by atoms with Gasteiger partial charge in [-0.05, 0) is 42.8 Å². The molecule has 0 unspecified atom stereocenters. The van der Waals surface area contributed by atoms with E-state index in [0.717, 1.165) is 37.5 Å². The monoisotopic (exact) mass is 396 g/mol. The Labute approximate surface area is 171 Å². The Morgan fingerprint density at radius 2 is 1.83 bits per heavy atom. The maximum atomic E-state index is 12.4. The molecule has 2 aromatic rings. The Balaban J connectivity index is 1.41. The van der Waals surface area contributed by atoms with E-state index >= 15 is 0 Å². The van der Waals surface area contributed by atoms with Gasteiger partial charge in [0.15, 0.2) is 0 Å². The number of nitrogens with one attached hydrogen (secondary N) is 1. The van der Waals surface area contributed by atoms with Gasteiger partial charge in [0.2, 0.25) is 5.91 Å². The van der Waals surface area contributed by atoms with Crippen LogP contribution in [0.2, 0.25) is 0 Å². The third-order valence-corrected chi connectivity index (χ3v) is 4.89. The minimum absolute atomic E-state index is 0.00281. The summed E-state index contributed by atoms with van der Waals surface area (Å²) in [5.74, 6) is 1.34. The molecule has 1 aliphatic rings. The predicted molar refractivity (Wildman–Crippen MR) is 112 cm³/mol. The standard InChI is InChI=1S/C22H28N4O3/c1-2-3-16-29-19-9-7-18(8-10-19)22(28)24-17-21(27)26-14-12-25(13-15-26)20-6-4-5-11-23-20/h4-11H,2-3,12-17H2,1H3,(H,24,28). The SMILES string of the molecule is CCCCOc1ccc(C(=O)NCC(=O)N2CCN(c3ccccn3)CC2)cc1. The molecule has 2 heterocycles. The van der Waals surface area contributed by atoms with E-state index in [-0.39, 0.29) is 18.4 Å². The number of nitrogens with zero attached hydrogens (tertiary/aromatic N) is 3. The Bertz CT molecular complexity index is 787. The second-order valence-electron chi connectivity index (χ2n) is 6.96. The zero-order valence-electron chi connectivity index (χ0n) is 16.8. The summed E-state index contributed by atoms with van der Waals surface area (Å²) in [6, 6.07) is 12.8. The molecule has 0 atom stereocenters. The number of amides is 2. The summed E-state index contributed by atoms with van der Waals surface area (Å²) in [6.45, 7) is 5.48. The van der Waals surface area contributed by atoms with Gasteiger partial charge in [-0.3, -0.25) is 9.59 Å². The van der Waals surface area contributed by atoms with Gasteiger partial charge < -0.3 is 19.9 Å². The second kappa shape index (κ2) is 10.5. The Kier molecular flexibility index (Phi) is 7.44. The van der Waals surface area contributed by atoms with E-state index in [1.807, 2.05) is 18.2 Å². The summed E-state index contributed by atoms with van der Waals surface area (Å²) >= 11 is 0. The number of rotatable bonds is 8. The molecule has 29 heavy (non-hydrogen) atoms. The van der Waals surface area contributed by atoms with Gasteiger partial charge in [0.1, 0.15) is 11.6 Å². The fourth-order valence-electron chi connectivity index (χ4n) is 3.13. The molecule has 0 spiro atoms. The molecule has 1 fully saturated rings. The van der Waals surface area contributed by atoms with Crippen molar-refractivity contribution in [3.63, 3.8) is 0 Å². The summed E-state index contributed by atoms with van der Waals surface area (Å²) in [4.78, 5) is 33.0. The molecule has 0 aliphatic carbocycles. The highest BCUT2D eigenvalue weighted by molar-refractivity contribution is 5.96. The number of ether oxygens (including phenoxy) is 1. The van der Waals surface area contributed by atoms with Gasteiger partial charge >= 0.3 is 0 Å². The van der Waals surface area contributed by atoms with Crippen molar-refractivity contribution in [2.45, 2.75) is 19.8 Å². The molecule has 1 aliphatic heterocycles. The lowest BCUT2D eigenvalue weighted by Crippen LogP contribution is -2.51. The number of unbranched alkanes of at least 4 members (excludes halogenated alkanes) is 1. The van der Waals surface area contributed by atoms with Crippen molar-refractivity contribution in [1.29, 1.82) is 0 Å². The summed E-state index contributed by atoms with van der Waals surface area (Å²) in [5, 5.41) is 2.71. The van der Waals surface area contributed by atoms with Crippen LogP contribution in [0.3, 0.4) is 0 Å². The maximum Gasteiger partial charge on any atom is 0.251 e. The average Bonchev–Trinajstić information content (AvgIpc) is 2.78. The average molecular weight is 396 g/mol. The number of benzene rings is 1. The number of hydrogen-bond donors (Lipinski definition) is 1. The molecule has 2 amide bonds. The molecule has 0 radical (unpaired) electrons. The van der Waals surface area contributed by atoms with Gasteiger partial charge in [0.05, 0.1) is 13.2 Å². The number of aromatic nitrogens is 1. The van der Waals surface area contributed by atoms with E-state index < -0.39 is 0 Å². The minimum Gasteiger partial charge on any atom is -0.494 e. The molecule has 7 heteroatoms. The van der Waals surface area contributed by atoms with Gasteiger partial charge in [-0.25, -0.2) is 4.98 Å². The van der Waals surface area contributed by atoms with Crippen molar-refractivity contribution in [2.24, 2.45) is 0 Å². The summed E-state index contributed by atoms with van der Waals surface area (Å²) in [5.41, 5.74) is 0.514. The molecule has 7 nitrogen and oxygen atoms in total. The lowest BCUT2D eigenvalue weighted by Gasteiger charge is -2.35. The van der Waals surface area contributed by atoms with Gasteiger partial charge in [-0.2, -0.15) is 0 Å². The smallest absolute Gasteiger partial charge is 0.251 e. The number of pyridine rings is 1. The van der Waals surface area contributed by atoms with E-state index in [9.17, 15) is 9.59 Å². The maximum absolute atomic E-state index is 12.4. The first kappa shape index (κ1) is 20.6. The van der Waals surface area contributed by atoms with Crippen LogP contribution in [0.15, 0.2) is 48.7 Å². The van der Waals surface area contributed by atoms with Gasteiger partial charge in [-0.15, -0.1) is 0 Å². The first-order valence-electron chi connectivity index (χ1n) is 10.1. The second-order valence-corrected chi connectivity index (χ2v) is 6.96. The van der Waals surface area contributed by atoms with Crippen LogP contribution in [0, 0.1) is 0 Å². The van der Waals surface area contributed by atoms with Crippen LogP contribution in [0.5, 0.6) is 5.75 Å². The zero-order valence-corrected chi connectivity index (χ0v) is 16.8. The molecular weight excluding hydrogens is 368 g/mol. The normalized spacial score (nSPS) is 13.8. The molecule has 1 saturated heterocycles. The van der Waals surface area contributed by atoms with E-state index in [1.165, 1.54) is 0 Å². The van der Waals surface area contributed by atoms with Crippen molar-refractivity contribution >= 4 is 17.6 Å². The van der Waals surface area contributed by atoms with Crippen molar-refractivity contribution in [2.75, 3.05) is 44.2 Å². The Morgan fingerprint density at radius 1 is 1.07 bits per heavy atom. The fourth-order valence-corrected chi connectivity index (χ4v) is 3.13. The van der Waals surface area contributed by atoms with E-state index in [0.29, 0.717) is 25.3 Å². The van der Waals surface area contributed by atoms with Gasteiger partial charge in [0.25, 0.3) is 5.91 Å². The highest BCUT2D eigenvalue weighted by Crippen LogP contribution is 2.14. The number of anilines is 1. The molecule has 0 saturated carbocycles. The van der Waals surface area contributed by atoms with Crippen LogP contribution in [0.4, 0.5) is 5.82 Å². The number of carbonyl (C=O) groups excluding carboxylic acids is 2. The Morgan fingerprint density at radius 3 is 2.48 bits per heavy atom. The first-order chi connectivity index (χ1) is 14.2. The molecular formula is C22H28N4O3. The van der Waals surface area contributed by atoms with E-state index in [2.05, 4.69) is 22.1 Å². The van der Waals surface area contributed by atoms with Crippen molar-refractivity contribution in [1.82, 2.24) is 15.2 Å². The van der Waals surface area contributed by atoms with E-state index in [1.54, 1.807) is 35.4 Å².